The van der Waals surface area contributed by atoms with E-state index >= 15 is 0 Å². The molecular formula is C14H19N3O4. The van der Waals surface area contributed by atoms with Crippen LogP contribution in [0.4, 0.5) is 11.4 Å². The fourth-order valence-electron chi connectivity index (χ4n) is 2.77. The van der Waals surface area contributed by atoms with Gasteiger partial charge in [-0.1, -0.05) is 6.07 Å². The van der Waals surface area contributed by atoms with Crippen LogP contribution >= 0.6 is 0 Å². The minimum absolute atomic E-state index is 0.174. The van der Waals surface area contributed by atoms with Gasteiger partial charge in [0.1, 0.15) is 5.69 Å². The van der Waals surface area contributed by atoms with Crippen LogP contribution in [0.5, 0.6) is 0 Å². The van der Waals surface area contributed by atoms with Crippen molar-refractivity contribution in [2.24, 2.45) is 0 Å². The van der Waals surface area contributed by atoms with Gasteiger partial charge in [0, 0.05) is 37.6 Å². The van der Waals surface area contributed by atoms with E-state index in [1.807, 2.05) is 11.9 Å². The summed E-state index contributed by atoms with van der Waals surface area (Å²) in [5.41, 5.74) is 0.0895. The second-order valence-corrected chi connectivity index (χ2v) is 5.55. The van der Waals surface area contributed by atoms with Gasteiger partial charge >= 0.3 is 0 Å². The molecule has 114 valence electrons. The van der Waals surface area contributed by atoms with Crippen LogP contribution in [-0.2, 0) is 0 Å². The fourth-order valence-corrected chi connectivity index (χ4v) is 2.77. The van der Waals surface area contributed by atoms with E-state index in [1.54, 1.807) is 0 Å². The minimum atomic E-state index is -1.41. The summed E-state index contributed by atoms with van der Waals surface area (Å²) in [6.45, 7) is 2.06. The molecule has 7 nitrogen and oxygen atoms in total. The first-order valence-electron chi connectivity index (χ1n) is 6.94. The van der Waals surface area contributed by atoms with E-state index < -0.39 is 10.9 Å². The van der Waals surface area contributed by atoms with Crippen LogP contribution in [0.2, 0.25) is 0 Å². The van der Waals surface area contributed by atoms with Crippen molar-refractivity contribution in [3.63, 3.8) is 0 Å². The molecule has 1 heterocycles. The van der Waals surface area contributed by atoms with E-state index in [-0.39, 0.29) is 17.3 Å². The summed E-state index contributed by atoms with van der Waals surface area (Å²) in [4.78, 5) is 24.9. The average Bonchev–Trinajstić information content (AvgIpc) is 2.46. The second-order valence-electron chi connectivity index (χ2n) is 5.55. The highest BCUT2D eigenvalue weighted by Gasteiger charge is 2.27. The summed E-state index contributed by atoms with van der Waals surface area (Å²) < 4.78 is 0. The van der Waals surface area contributed by atoms with Crippen LogP contribution in [0.15, 0.2) is 18.2 Å². The molecule has 1 saturated heterocycles. The summed E-state index contributed by atoms with van der Waals surface area (Å²) >= 11 is 0. The molecule has 1 aromatic carbocycles. The molecule has 1 aromatic rings. The number of carbonyl (C=O) groups is 1. The lowest BCUT2D eigenvalue weighted by molar-refractivity contribution is -0.884. The van der Waals surface area contributed by atoms with Crippen LogP contribution in [-0.4, -0.2) is 44.1 Å². The molecule has 1 N–H and O–H groups in total. The Morgan fingerprint density at radius 3 is 2.52 bits per heavy atom. The maximum absolute atomic E-state index is 11.2. The molecule has 0 radical (unpaired) electrons. The third-order valence-corrected chi connectivity index (χ3v) is 4.14. The minimum Gasteiger partial charge on any atom is -0.545 e. The highest BCUT2D eigenvalue weighted by atomic mass is 16.6. The number of nitrogens with zero attached hydrogens (tertiary/aromatic N) is 2. The third kappa shape index (κ3) is 3.30. The SMILES string of the molecule is CN(c1ccc(C(=O)[O-])cc1[N+](=O)[O-])C1CC[NH+](C)CC1. The van der Waals surface area contributed by atoms with Gasteiger partial charge < -0.3 is 19.7 Å². The Bertz CT molecular complexity index is 553. The Morgan fingerprint density at radius 1 is 1.38 bits per heavy atom. The maximum Gasteiger partial charge on any atom is 0.293 e. The lowest BCUT2D eigenvalue weighted by Gasteiger charge is -2.34. The molecule has 0 aromatic heterocycles. The van der Waals surface area contributed by atoms with Crippen LogP contribution in [0, 0.1) is 10.1 Å². The molecule has 0 saturated carbocycles. The van der Waals surface area contributed by atoms with E-state index in [0.29, 0.717) is 5.69 Å². The van der Waals surface area contributed by atoms with E-state index in [2.05, 4.69) is 7.05 Å². The molecule has 0 atom stereocenters. The van der Waals surface area contributed by atoms with Crippen LogP contribution < -0.4 is 14.9 Å². The van der Waals surface area contributed by atoms with Crippen molar-refractivity contribution in [1.82, 2.24) is 0 Å². The number of hydrogen-bond acceptors (Lipinski definition) is 5. The molecule has 0 aliphatic carbocycles. The average molecular weight is 293 g/mol. The molecule has 1 aliphatic rings. The Morgan fingerprint density at radius 2 is 2.00 bits per heavy atom. The predicted molar refractivity (Wildman–Crippen MR) is 75.5 cm³/mol. The number of nitro groups is 1. The number of carboxylic acids is 1. The van der Waals surface area contributed by atoms with Crippen LogP contribution in [0.3, 0.4) is 0 Å². The van der Waals surface area contributed by atoms with Gasteiger partial charge in [-0.25, -0.2) is 0 Å². The van der Waals surface area contributed by atoms with Crippen molar-refractivity contribution < 1.29 is 19.7 Å². The highest BCUT2D eigenvalue weighted by Crippen LogP contribution is 2.30. The quantitative estimate of drug-likeness (QED) is 0.572. The van der Waals surface area contributed by atoms with Crippen molar-refractivity contribution in [3.8, 4) is 0 Å². The van der Waals surface area contributed by atoms with Gasteiger partial charge in [-0.05, 0) is 6.07 Å². The van der Waals surface area contributed by atoms with Gasteiger partial charge in [0.2, 0.25) is 0 Å². The summed E-state index contributed by atoms with van der Waals surface area (Å²) in [5, 5.41) is 22.0. The van der Waals surface area contributed by atoms with E-state index in [4.69, 9.17) is 0 Å². The number of piperidine rings is 1. The fraction of sp³-hybridized carbons (Fsp3) is 0.500. The number of carboxylic acid groups (broad SMARTS) is 1. The lowest BCUT2D eigenvalue weighted by atomic mass is 10.0. The zero-order valence-electron chi connectivity index (χ0n) is 12.2. The number of anilines is 1. The summed E-state index contributed by atoms with van der Waals surface area (Å²) in [6.07, 6.45) is 1.92. The van der Waals surface area contributed by atoms with Crippen LogP contribution in [0.25, 0.3) is 0 Å². The topological polar surface area (TPSA) is 91.0 Å². The zero-order chi connectivity index (χ0) is 15.6. The second kappa shape index (κ2) is 6.09. The predicted octanol–water partition coefficient (Wildman–Crippen LogP) is -0.928. The monoisotopic (exact) mass is 293 g/mol. The van der Waals surface area contributed by atoms with Crippen LogP contribution in [0.1, 0.15) is 23.2 Å². The van der Waals surface area contributed by atoms with Crippen molar-refractivity contribution in [2.45, 2.75) is 18.9 Å². The summed E-state index contributed by atoms with van der Waals surface area (Å²) in [7, 11) is 3.96. The number of rotatable bonds is 4. The number of nitro benzene ring substituents is 1. The van der Waals surface area contributed by atoms with Crippen molar-refractivity contribution >= 4 is 17.3 Å². The number of quaternary nitrogens is 1. The Hall–Kier alpha value is -2.15. The van der Waals surface area contributed by atoms with Gasteiger partial charge in [-0.2, -0.15) is 0 Å². The highest BCUT2D eigenvalue weighted by molar-refractivity contribution is 5.88. The van der Waals surface area contributed by atoms with E-state index in [9.17, 15) is 20.0 Å². The third-order valence-electron chi connectivity index (χ3n) is 4.14. The molecule has 7 heteroatoms. The van der Waals surface area contributed by atoms with Gasteiger partial charge in [0.25, 0.3) is 5.69 Å². The molecule has 2 rings (SSSR count). The smallest absolute Gasteiger partial charge is 0.293 e. The Balaban J connectivity index is 2.29. The molecule has 21 heavy (non-hydrogen) atoms. The number of carbonyl (C=O) groups excluding carboxylic acids is 1. The molecular weight excluding hydrogens is 274 g/mol. The molecule has 0 unspecified atom stereocenters. The maximum atomic E-state index is 11.2. The molecule has 0 amide bonds. The first-order chi connectivity index (χ1) is 9.90. The zero-order valence-corrected chi connectivity index (χ0v) is 12.2. The molecule has 1 aliphatic heterocycles. The van der Waals surface area contributed by atoms with Gasteiger partial charge in [-0.3, -0.25) is 10.1 Å². The lowest BCUT2D eigenvalue weighted by Crippen LogP contribution is -3.10. The van der Waals surface area contributed by atoms with E-state index in [1.165, 1.54) is 17.0 Å². The molecule has 0 spiro atoms. The van der Waals surface area contributed by atoms with Crippen molar-refractivity contribution in [2.75, 3.05) is 32.1 Å². The molecule has 1 fully saturated rings. The Kier molecular flexibility index (Phi) is 4.42. The number of aromatic carboxylic acids is 1. The van der Waals surface area contributed by atoms with Crippen molar-refractivity contribution in [3.05, 3.63) is 33.9 Å². The van der Waals surface area contributed by atoms with Crippen molar-refractivity contribution in [1.29, 1.82) is 0 Å². The van der Waals surface area contributed by atoms with E-state index in [0.717, 1.165) is 32.0 Å². The number of nitrogens with one attached hydrogen (secondary N) is 1. The summed E-state index contributed by atoms with van der Waals surface area (Å²) in [5.74, 6) is -1.41. The number of benzene rings is 1. The molecule has 0 bridgehead atoms. The Labute approximate surface area is 122 Å². The largest absolute Gasteiger partial charge is 0.545 e. The first kappa shape index (κ1) is 15.2. The van der Waals surface area contributed by atoms with Gasteiger partial charge in [-0.15, -0.1) is 0 Å². The normalized spacial score (nSPS) is 21.8. The van der Waals surface area contributed by atoms with Gasteiger partial charge in [0.15, 0.2) is 0 Å². The summed E-state index contributed by atoms with van der Waals surface area (Å²) in [6, 6.07) is 4.16. The number of likely N-dealkylation sites (tertiary alicyclic amines) is 1. The van der Waals surface area contributed by atoms with Gasteiger partial charge in [0.05, 0.1) is 31.0 Å². The first-order valence-corrected chi connectivity index (χ1v) is 6.94. The number of hydrogen-bond donors (Lipinski definition) is 1. The standard InChI is InChI=1S/C14H19N3O4/c1-15-7-5-11(6-8-15)16(2)12-4-3-10(14(18)19)9-13(12)17(20)21/h3-4,9,11H,5-8H2,1-2H3,(H,18,19).